The number of ether oxygens (including phenoxy) is 2. The number of hydrogen-bond donors (Lipinski definition) is 2. The zero-order valence-corrected chi connectivity index (χ0v) is 25.6. The van der Waals surface area contributed by atoms with Gasteiger partial charge in [-0.2, -0.15) is 0 Å². The van der Waals surface area contributed by atoms with E-state index < -0.39 is 0 Å². The van der Waals surface area contributed by atoms with Crippen molar-refractivity contribution >= 4 is 17.5 Å². The van der Waals surface area contributed by atoms with E-state index in [2.05, 4.69) is 50.4 Å². The molecule has 2 amide bonds. The molecule has 7 atom stereocenters. The van der Waals surface area contributed by atoms with Crippen LogP contribution in [0.25, 0.3) is 0 Å². The predicted molar refractivity (Wildman–Crippen MR) is 159 cm³/mol. The van der Waals surface area contributed by atoms with Crippen LogP contribution in [0.4, 0.5) is 5.69 Å². The van der Waals surface area contributed by atoms with Crippen LogP contribution < -0.4 is 11.1 Å². The van der Waals surface area contributed by atoms with Gasteiger partial charge in [0, 0.05) is 47.0 Å². The van der Waals surface area contributed by atoms with Crippen molar-refractivity contribution in [1.29, 1.82) is 0 Å². The van der Waals surface area contributed by atoms with E-state index in [0.717, 1.165) is 31.4 Å². The van der Waals surface area contributed by atoms with E-state index in [4.69, 9.17) is 15.2 Å². The van der Waals surface area contributed by atoms with Gasteiger partial charge in [0.15, 0.2) is 0 Å². The van der Waals surface area contributed by atoms with Gasteiger partial charge in [-0.05, 0) is 61.3 Å². The van der Waals surface area contributed by atoms with Gasteiger partial charge in [0.25, 0.3) is 0 Å². The van der Waals surface area contributed by atoms with Gasteiger partial charge in [-0.25, -0.2) is 0 Å². The summed E-state index contributed by atoms with van der Waals surface area (Å²) in [4.78, 5) is 30.2. The Kier molecular flexibility index (Phi) is 13.7. The lowest BCUT2D eigenvalue weighted by Crippen LogP contribution is -2.52. The van der Waals surface area contributed by atoms with Gasteiger partial charge in [0.2, 0.25) is 11.8 Å². The lowest BCUT2D eigenvalue weighted by atomic mass is 9.81. The fourth-order valence-corrected chi connectivity index (χ4v) is 6.32. The molecule has 1 saturated heterocycles. The number of hydrogen-bond acceptors (Lipinski definition) is 6. The second-order valence-corrected chi connectivity index (χ2v) is 11.2. The number of benzene rings is 1. The number of rotatable bonds is 16. The molecule has 1 aliphatic heterocycles. The molecule has 3 N–H and O–H groups in total. The Balaban J connectivity index is 2.19. The van der Waals surface area contributed by atoms with Crippen molar-refractivity contribution in [2.45, 2.75) is 90.5 Å². The normalized spacial score (nSPS) is 20.1. The smallest absolute Gasteiger partial charge is 0.225 e. The maximum atomic E-state index is 13.8. The number of methoxy groups -OCH3 is 2. The number of anilines is 1. The summed E-state index contributed by atoms with van der Waals surface area (Å²) in [6.07, 6.45) is 3.80. The number of likely N-dealkylation sites (N-methyl/N-ethyl adjacent to an activating group) is 1. The molecule has 8 heteroatoms. The molecule has 1 aliphatic rings. The summed E-state index contributed by atoms with van der Waals surface area (Å²) in [7, 11) is 7.15. The monoisotopic (exact) mass is 546 g/mol. The van der Waals surface area contributed by atoms with Gasteiger partial charge in [0.05, 0.1) is 30.7 Å². The van der Waals surface area contributed by atoms with Crippen LogP contribution in [-0.4, -0.2) is 87.3 Å². The summed E-state index contributed by atoms with van der Waals surface area (Å²) >= 11 is 0. The Hall–Kier alpha value is -2.16. The SMILES string of the molecule is CCC(=O)N(C)C(C(C)CC)C(CC(=O)N1CCCC1C(OC)C(C)C(CN)Cc1ccc(NC)cc1)OC. The molecule has 1 aromatic carbocycles. The molecule has 1 heterocycles. The van der Waals surface area contributed by atoms with E-state index in [0.29, 0.717) is 19.5 Å². The molecule has 0 radical (unpaired) electrons. The number of carbonyl (C=O) groups excluding carboxylic acids is 2. The number of nitrogens with two attached hydrogens (primary N) is 1. The summed E-state index contributed by atoms with van der Waals surface area (Å²) in [5.41, 5.74) is 8.62. The molecular formula is C31H54N4O4. The van der Waals surface area contributed by atoms with Crippen molar-refractivity contribution in [3.05, 3.63) is 29.8 Å². The Bertz CT molecular complexity index is 880. The first-order valence-corrected chi connectivity index (χ1v) is 14.7. The molecular weight excluding hydrogens is 492 g/mol. The van der Waals surface area contributed by atoms with E-state index in [9.17, 15) is 9.59 Å². The van der Waals surface area contributed by atoms with Gasteiger partial charge in [-0.3, -0.25) is 9.59 Å². The van der Waals surface area contributed by atoms with E-state index in [1.54, 1.807) is 19.1 Å². The average Bonchev–Trinajstić information content (AvgIpc) is 3.44. The Morgan fingerprint density at radius 3 is 2.33 bits per heavy atom. The third-order valence-corrected chi connectivity index (χ3v) is 9.01. The van der Waals surface area contributed by atoms with Crippen LogP contribution in [0.3, 0.4) is 0 Å². The van der Waals surface area contributed by atoms with Crippen LogP contribution in [0.2, 0.25) is 0 Å². The molecule has 0 saturated carbocycles. The first kappa shape index (κ1) is 33.0. The Morgan fingerprint density at radius 1 is 1.15 bits per heavy atom. The minimum absolute atomic E-state index is 0.00669. The molecule has 2 rings (SSSR count). The first-order chi connectivity index (χ1) is 18.7. The summed E-state index contributed by atoms with van der Waals surface area (Å²) in [6.45, 7) is 9.57. The van der Waals surface area contributed by atoms with E-state index in [-0.39, 0.29) is 60.3 Å². The third kappa shape index (κ3) is 8.41. The summed E-state index contributed by atoms with van der Waals surface area (Å²) in [6, 6.07) is 8.30. The highest BCUT2D eigenvalue weighted by atomic mass is 16.5. The average molecular weight is 547 g/mol. The molecule has 0 bridgehead atoms. The van der Waals surface area contributed by atoms with Crippen LogP contribution in [0.5, 0.6) is 0 Å². The molecule has 222 valence electrons. The zero-order valence-electron chi connectivity index (χ0n) is 25.6. The summed E-state index contributed by atoms with van der Waals surface area (Å²) in [5, 5.41) is 3.16. The molecule has 1 aromatic rings. The Labute approximate surface area is 237 Å². The van der Waals surface area contributed by atoms with Crippen molar-refractivity contribution in [1.82, 2.24) is 9.80 Å². The van der Waals surface area contributed by atoms with Crippen molar-refractivity contribution < 1.29 is 19.1 Å². The summed E-state index contributed by atoms with van der Waals surface area (Å²) < 4.78 is 12.0. The molecule has 0 aromatic heterocycles. The molecule has 0 aliphatic carbocycles. The maximum Gasteiger partial charge on any atom is 0.225 e. The highest BCUT2D eigenvalue weighted by Gasteiger charge is 2.41. The lowest BCUT2D eigenvalue weighted by Gasteiger charge is -2.40. The van der Waals surface area contributed by atoms with Gasteiger partial charge in [-0.1, -0.05) is 46.2 Å². The highest BCUT2D eigenvalue weighted by molar-refractivity contribution is 5.78. The fraction of sp³-hybridized carbons (Fsp3) is 0.742. The number of likely N-dealkylation sites (tertiary alicyclic amines) is 1. The van der Waals surface area contributed by atoms with Gasteiger partial charge >= 0.3 is 0 Å². The predicted octanol–water partition coefficient (Wildman–Crippen LogP) is 4.18. The number of carbonyl (C=O) groups is 2. The third-order valence-electron chi connectivity index (χ3n) is 9.01. The fourth-order valence-electron chi connectivity index (χ4n) is 6.32. The summed E-state index contributed by atoms with van der Waals surface area (Å²) in [5.74, 6) is 0.730. The second-order valence-electron chi connectivity index (χ2n) is 11.2. The minimum atomic E-state index is -0.370. The zero-order chi connectivity index (χ0) is 29.1. The number of amides is 2. The molecule has 1 fully saturated rings. The van der Waals surface area contributed by atoms with E-state index in [1.165, 1.54) is 5.56 Å². The number of nitrogens with zero attached hydrogens (tertiary/aromatic N) is 2. The maximum absolute atomic E-state index is 13.8. The molecule has 8 nitrogen and oxygen atoms in total. The second kappa shape index (κ2) is 16.2. The van der Waals surface area contributed by atoms with Crippen LogP contribution >= 0.6 is 0 Å². The van der Waals surface area contributed by atoms with Crippen LogP contribution in [0, 0.1) is 17.8 Å². The molecule has 0 spiro atoms. The number of nitrogens with one attached hydrogen (secondary N) is 1. The van der Waals surface area contributed by atoms with Gasteiger partial charge in [0.1, 0.15) is 0 Å². The standard InChI is InChI=1S/C31H54N4O4/c1-9-21(3)30(34(6)28(36)10-2)27(38-7)19-29(37)35-17-11-12-26(35)31(39-8)22(4)24(20-32)18-23-13-15-25(33-5)16-14-23/h13-16,21-22,24,26-27,30-31,33H,9-12,17-20,32H2,1-8H3. The minimum Gasteiger partial charge on any atom is -0.388 e. The lowest BCUT2D eigenvalue weighted by molar-refractivity contribution is -0.144. The first-order valence-electron chi connectivity index (χ1n) is 14.7. The Morgan fingerprint density at radius 2 is 1.82 bits per heavy atom. The molecule has 7 unspecified atom stereocenters. The van der Waals surface area contributed by atoms with Gasteiger partial charge in [-0.15, -0.1) is 0 Å². The highest BCUT2D eigenvalue weighted by Crippen LogP contribution is 2.32. The van der Waals surface area contributed by atoms with Crippen LogP contribution in [0.15, 0.2) is 24.3 Å². The van der Waals surface area contributed by atoms with E-state index >= 15 is 0 Å². The van der Waals surface area contributed by atoms with Crippen molar-refractivity contribution in [3.8, 4) is 0 Å². The van der Waals surface area contributed by atoms with Crippen molar-refractivity contribution in [3.63, 3.8) is 0 Å². The van der Waals surface area contributed by atoms with Crippen molar-refractivity contribution in [2.24, 2.45) is 23.5 Å². The van der Waals surface area contributed by atoms with Crippen LogP contribution in [0.1, 0.15) is 65.4 Å². The van der Waals surface area contributed by atoms with Gasteiger partial charge < -0.3 is 30.3 Å². The molecule has 39 heavy (non-hydrogen) atoms. The topological polar surface area (TPSA) is 97.1 Å². The van der Waals surface area contributed by atoms with Crippen LogP contribution in [-0.2, 0) is 25.5 Å². The van der Waals surface area contributed by atoms with E-state index in [1.807, 2.05) is 25.9 Å². The quantitative estimate of drug-likeness (QED) is 0.323. The van der Waals surface area contributed by atoms with Crippen molar-refractivity contribution in [2.75, 3.05) is 46.7 Å². The largest absolute Gasteiger partial charge is 0.388 e.